The molecule has 3 heteroatoms. The van der Waals surface area contributed by atoms with Crippen LogP contribution in [0.2, 0.25) is 0 Å². The summed E-state index contributed by atoms with van der Waals surface area (Å²) in [5.41, 5.74) is 4.99. The molecule has 3 aromatic rings. The molecule has 2 aliphatic rings. The number of hydrogen-bond acceptors (Lipinski definition) is 3. The van der Waals surface area contributed by atoms with E-state index in [9.17, 15) is 4.79 Å². The Labute approximate surface area is 196 Å². The van der Waals surface area contributed by atoms with Gasteiger partial charge in [-0.25, -0.2) is 0 Å². The Hall–Kier alpha value is -3.17. The number of likely N-dealkylation sites (tertiary alicyclic amines) is 1. The fourth-order valence-electron chi connectivity index (χ4n) is 5.71. The molecule has 1 aliphatic carbocycles. The van der Waals surface area contributed by atoms with E-state index in [1.54, 1.807) is 0 Å². The number of fused-ring (bicyclic) bond motifs is 3. The number of hydrogen-bond donors (Lipinski definition) is 0. The first-order valence-electron chi connectivity index (χ1n) is 11.7. The van der Waals surface area contributed by atoms with E-state index in [4.69, 9.17) is 4.74 Å². The molecule has 1 fully saturated rings. The maximum absolute atomic E-state index is 13.6. The molecule has 0 N–H and O–H groups in total. The van der Waals surface area contributed by atoms with E-state index >= 15 is 0 Å². The van der Waals surface area contributed by atoms with E-state index in [2.05, 4.69) is 84.3 Å². The number of benzene rings is 3. The van der Waals surface area contributed by atoms with E-state index in [1.807, 2.05) is 32.9 Å². The number of carbonyl (C=O) groups is 1. The SMILES string of the molecule is C=CC[C@@H]1CN(C2(c3ccccc3)c3ccccc3-c3ccccc32)[C@@H]1C(=O)OC(C)(C)C. The average molecular weight is 438 g/mol. The minimum Gasteiger partial charge on any atom is -0.459 e. The van der Waals surface area contributed by atoms with E-state index < -0.39 is 11.1 Å². The largest absolute Gasteiger partial charge is 0.459 e. The second-order valence-electron chi connectivity index (χ2n) is 10.1. The lowest BCUT2D eigenvalue weighted by Gasteiger charge is -2.56. The van der Waals surface area contributed by atoms with Crippen molar-refractivity contribution >= 4 is 5.97 Å². The number of esters is 1. The highest BCUT2D eigenvalue weighted by Gasteiger charge is 2.59. The summed E-state index contributed by atoms with van der Waals surface area (Å²) >= 11 is 0. The molecule has 2 atom stereocenters. The summed E-state index contributed by atoms with van der Waals surface area (Å²) in [4.78, 5) is 16.0. The average Bonchev–Trinajstić information content (AvgIpc) is 3.07. The van der Waals surface area contributed by atoms with Gasteiger partial charge in [-0.05, 0) is 55.0 Å². The van der Waals surface area contributed by atoms with Gasteiger partial charge < -0.3 is 4.74 Å². The molecule has 1 heterocycles. The van der Waals surface area contributed by atoms with Gasteiger partial charge in [0, 0.05) is 12.5 Å². The van der Waals surface area contributed by atoms with Gasteiger partial charge in [-0.15, -0.1) is 6.58 Å². The Morgan fingerprint density at radius 2 is 1.52 bits per heavy atom. The molecule has 3 aromatic carbocycles. The summed E-state index contributed by atoms with van der Waals surface area (Å²) in [5.74, 6) is 0.0237. The lowest BCUT2D eigenvalue weighted by molar-refractivity contribution is -0.176. The molecule has 3 nitrogen and oxygen atoms in total. The molecule has 0 unspecified atom stereocenters. The van der Waals surface area contributed by atoms with Crippen molar-refractivity contribution in [3.63, 3.8) is 0 Å². The summed E-state index contributed by atoms with van der Waals surface area (Å²) in [7, 11) is 0. The monoisotopic (exact) mass is 437 g/mol. The zero-order valence-corrected chi connectivity index (χ0v) is 19.6. The summed E-state index contributed by atoms with van der Waals surface area (Å²) in [6.45, 7) is 10.6. The van der Waals surface area contributed by atoms with Crippen LogP contribution < -0.4 is 0 Å². The van der Waals surface area contributed by atoms with E-state index in [1.165, 1.54) is 27.8 Å². The Bertz CT molecular complexity index is 1150. The van der Waals surface area contributed by atoms with Crippen molar-refractivity contribution in [1.29, 1.82) is 0 Å². The predicted molar refractivity (Wildman–Crippen MR) is 133 cm³/mol. The van der Waals surface area contributed by atoms with E-state index in [0.717, 1.165) is 13.0 Å². The van der Waals surface area contributed by atoms with Crippen LogP contribution in [0.25, 0.3) is 11.1 Å². The molecule has 5 rings (SSSR count). The summed E-state index contributed by atoms with van der Waals surface area (Å²) in [5, 5.41) is 0. The summed E-state index contributed by atoms with van der Waals surface area (Å²) in [6, 6.07) is 27.5. The minimum absolute atomic E-state index is 0.155. The molecule has 1 saturated heterocycles. The van der Waals surface area contributed by atoms with E-state index in [0.29, 0.717) is 0 Å². The predicted octanol–water partition coefficient (Wildman–Crippen LogP) is 6.18. The fraction of sp³-hybridized carbons (Fsp3) is 0.300. The highest BCUT2D eigenvalue weighted by Crippen LogP contribution is 2.57. The third-order valence-corrected chi connectivity index (χ3v) is 6.88. The van der Waals surface area contributed by atoms with Crippen LogP contribution in [-0.4, -0.2) is 29.1 Å². The molecule has 0 spiro atoms. The number of allylic oxidation sites excluding steroid dienone is 1. The normalized spacial score (nSPS) is 20.9. The fourth-order valence-corrected chi connectivity index (χ4v) is 5.71. The molecule has 0 amide bonds. The maximum atomic E-state index is 13.6. The van der Waals surface area contributed by atoms with Crippen LogP contribution in [0, 0.1) is 5.92 Å². The Morgan fingerprint density at radius 1 is 0.970 bits per heavy atom. The number of ether oxygens (including phenoxy) is 1. The van der Waals surface area contributed by atoms with Crippen molar-refractivity contribution in [1.82, 2.24) is 4.90 Å². The van der Waals surface area contributed by atoms with Gasteiger partial charge >= 0.3 is 5.97 Å². The van der Waals surface area contributed by atoms with Crippen LogP contribution in [0.4, 0.5) is 0 Å². The minimum atomic E-state index is -0.548. The van der Waals surface area contributed by atoms with Gasteiger partial charge in [0.15, 0.2) is 0 Å². The summed E-state index contributed by atoms with van der Waals surface area (Å²) < 4.78 is 5.95. The molecule has 1 aliphatic heterocycles. The zero-order chi connectivity index (χ0) is 23.2. The third-order valence-electron chi connectivity index (χ3n) is 6.88. The molecular formula is C30H31NO2. The molecule has 0 saturated carbocycles. The van der Waals surface area contributed by atoms with Gasteiger partial charge in [-0.2, -0.15) is 0 Å². The van der Waals surface area contributed by atoms with Crippen molar-refractivity contribution in [2.75, 3.05) is 6.54 Å². The number of nitrogens with zero attached hydrogens (tertiary/aromatic N) is 1. The van der Waals surface area contributed by atoms with E-state index in [-0.39, 0.29) is 17.9 Å². The second-order valence-corrected chi connectivity index (χ2v) is 10.1. The van der Waals surface area contributed by atoms with Crippen molar-refractivity contribution in [2.24, 2.45) is 5.92 Å². The molecule has 0 radical (unpaired) electrons. The second kappa shape index (κ2) is 8.00. The smallest absolute Gasteiger partial charge is 0.324 e. The lowest BCUT2D eigenvalue weighted by atomic mass is 9.72. The van der Waals surface area contributed by atoms with Crippen LogP contribution in [-0.2, 0) is 15.1 Å². The molecule has 33 heavy (non-hydrogen) atoms. The highest BCUT2D eigenvalue weighted by molar-refractivity contribution is 5.85. The van der Waals surface area contributed by atoms with Crippen molar-refractivity contribution < 1.29 is 9.53 Å². The van der Waals surface area contributed by atoms with Crippen LogP contribution in [0.15, 0.2) is 91.5 Å². The molecular weight excluding hydrogens is 406 g/mol. The summed E-state index contributed by atoms with van der Waals surface area (Å²) in [6.07, 6.45) is 2.71. The van der Waals surface area contributed by atoms with Gasteiger partial charge in [-0.3, -0.25) is 9.69 Å². The standard InChI is InChI=1S/C30H31NO2/c1-5-13-21-20-31(27(21)28(32)33-29(2,3)4)30(22-14-7-6-8-15-22)25-18-11-9-16-23(25)24-17-10-12-19-26(24)30/h5-12,14-19,21,27H,1,13,20H2,2-4H3/t21-,27+/m1/s1. The molecule has 168 valence electrons. The van der Waals surface area contributed by atoms with Gasteiger partial charge in [0.25, 0.3) is 0 Å². The van der Waals surface area contributed by atoms with Crippen LogP contribution in [0.1, 0.15) is 43.9 Å². The molecule has 0 aromatic heterocycles. The Balaban J connectivity index is 1.74. The topological polar surface area (TPSA) is 29.5 Å². The quantitative estimate of drug-likeness (QED) is 0.353. The first-order chi connectivity index (χ1) is 15.9. The maximum Gasteiger partial charge on any atom is 0.324 e. The first kappa shape index (κ1) is 21.7. The highest BCUT2D eigenvalue weighted by atomic mass is 16.6. The first-order valence-corrected chi connectivity index (χ1v) is 11.7. The third kappa shape index (κ3) is 3.34. The number of rotatable bonds is 5. The zero-order valence-electron chi connectivity index (χ0n) is 19.6. The van der Waals surface area contributed by atoms with Gasteiger partial charge in [0.1, 0.15) is 11.6 Å². The molecule has 0 bridgehead atoms. The van der Waals surface area contributed by atoms with Crippen molar-refractivity contribution in [2.45, 2.75) is 44.4 Å². The van der Waals surface area contributed by atoms with Gasteiger partial charge in [0.2, 0.25) is 0 Å². The van der Waals surface area contributed by atoms with Crippen molar-refractivity contribution in [3.8, 4) is 11.1 Å². The van der Waals surface area contributed by atoms with Gasteiger partial charge in [0.05, 0.1) is 5.54 Å². The Kier molecular flexibility index (Phi) is 5.25. The van der Waals surface area contributed by atoms with Crippen LogP contribution >= 0.6 is 0 Å². The Morgan fingerprint density at radius 3 is 2.06 bits per heavy atom. The van der Waals surface area contributed by atoms with Crippen LogP contribution in [0.3, 0.4) is 0 Å². The lowest BCUT2D eigenvalue weighted by Crippen LogP contribution is -2.68. The van der Waals surface area contributed by atoms with Gasteiger partial charge in [-0.1, -0.05) is 84.9 Å². The number of carbonyl (C=O) groups excluding carboxylic acids is 1. The van der Waals surface area contributed by atoms with Crippen LogP contribution in [0.5, 0.6) is 0 Å². The van der Waals surface area contributed by atoms with Crippen molar-refractivity contribution in [3.05, 3.63) is 108 Å².